The number of aromatic nitrogens is 3. The molecule has 3 aromatic heterocycles. The van der Waals surface area contributed by atoms with E-state index >= 15 is 0 Å². The summed E-state index contributed by atoms with van der Waals surface area (Å²) in [6.07, 6.45) is 5.88. The van der Waals surface area contributed by atoms with Crippen molar-refractivity contribution in [1.82, 2.24) is 19.9 Å². The average molecular weight is 579 g/mol. The molecule has 1 amide bonds. The highest BCUT2D eigenvalue weighted by Gasteiger charge is 2.23. The SMILES string of the molecule is O=C(Nc1cccc(N(c2cccc3c2oc2ccccc23)c2nccc3ccnn23)c1)c1ccc(C2CCCNC2)cc1. The third-order valence-electron chi connectivity index (χ3n) is 8.42. The summed E-state index contributed by atoms with van der Waals surface area (Å²) in [5, 5.41) is 13.2. The van der Waals surface area contributed by atoms with E-state index in [9.17, 15) is 4.79 Å². The normalized spacial score (nSPS) is 15.1. The first-order valence-electron chi connectivity index (χ1n) is 14.9. The first kappa shape index (κ1) is 26.2. The van der Waals surface area contributed by atoms with Crippen molar-refractivity contribution in [1.29, 1.82) is 0 Å². The summed E-state index contributed by atoms with van der Waals surface area (Å²) in [4.78, 5) is 20.2. The lowest BCUT2D eigenvalue weighted by molar-refractivity contribution is 0.102. The van der Waals surface area contributed by atoms with Gasteiger partial charge in [-0.25, -0.2) is 4.98 Å². The van der Waals surface area contributed by atoms with Gasteiger partial charge in [0.05, 0.1) is 23.1 Å². The molecule has 0 aliphatic carbocycles. The Balaban J connectivity index is 1.18. The van der Waals surface area contributed by atoms with Gasteiger partial charge >= 0.3 is 0 Å². The van der Waals surface area contributed by atoms with Crippen molar-refractivity contribution >= 4 is 56.4 Å². The third-order valence-corrected chi connectivity index (χ3v) is 8.42. The number of anilines is 4. The first-order valence-corrected chi connectivity index (χ1v) is 14.9. The molecule has 8 rings (SSSR count). The number of piperidine rings is 1. The standard InChI is InChI=1S/C36H30N6O2/c43-35(25-15-13-24(14-16-25)26-6-5-19-37-23-26)40-27-7-3-8-29(22-27)41(36-38-20-17-28-18-21-39-42(28)36)32-11-4-10-31-30-9-1-2-12-33(30)44-34(31)32/h1-4,7-18,20-22,26,37H,5-6,19,23H2,(H,40,43). The maximum absolute atomic E-state index is 13.4. The first-order chi connectivity index (χ1) is 21.7. The van der Waals surface area contributed by atoms with E-state index in [-0.39, 0.29) is 5.91 Å². The molecule has 7 aromatic rings. The molecule has 1 unspecified atom stereocenters. The van der Waals surface area contributed by atoms with Crippen LogP contribution < -0.4 is 15.5 Å². The third kappa shape index (κ3) is 4.66. The van der Waals surface area contributed by atoms with E-state index in [0.29, 0.717) is 23.1 Å². The van der Waals surface area contributed by atoms with Gasteiger partial charge in [0.2, 0.25) is 5.95 Å². The predicted octanol–water partition coefficient (Wildman–Crippen LogP) is 7.82. The second-order valence-corrected chi connectivity index (χ2v) is 11.2. The number of amides is 1. The van der Waals surface area contributed by atoms with Crippen molar-refractivity contribution < 1.29 is 9.21 Å². The van der Waals surface area contributed by atoms with Gasteiger partial charge in [0.1, 0.15) is 5.58 Å². The molecule has 0 saturated carbocycles. The molecule has 1 atom stereocenters. The highest BCUT2D eigenvalue weighted by Crippen LogP contribution is 2.41. The Morgan fingerprint density at radius 1 is 0.909 bits per heavy atom. The van der Waals surface area contributed by atoms with Gasteiger partial charge in [-0.15, -0.1) is 0 Å². The summed E-state index contributed by atoms with van der Waals surface area (Å²) in [5.74, 6) is 0.929. The van der Waals surface area contributed by atoms with Crippen LogP contribution in [-0.2, 0) is 0 Å². The van der Waals surface area contributed by atoms with Gasteiger partial charge in [-0.05, 0) is 85.5 Å². The Morgan fingerprint density at radius 2 is 1.75 bits per heavy atom. The number of carbonyl (C=O) groups excluding carboxylic acids is 1. The minimum Gasteiger partial charge on any atom is -0.454 e. The number of para-hydroxylation sites is 2. The quantitative estimate of drug-likeness (QED) is 0.209. The van der Waals surface area contributed by atoms with Crippen LogP contribution >= 0.6 is 0 Å². The minimum atomic E-state index is -0.159. The zero-order valence-corrected chi connectivity index (χ0v) is 24.0. The molecule has 4 aromatic carbocycles. The van der Waals surface area contributed by atoms with Crippen molar-refractivity contribution in [3.8, 4) is 0 Å². The average Bonchev–Trinajstić information content (AvgIpc) is 3.72. The topological polar surface area (TPSA) is 87.7 Å². The van der Waals surface area contributed by atoms with Crippen molar-refractivity contribution in [2.24, 2.45) is 0 Å². The van der Waals surface area contributed by atoms with E-state index in [0.717, 1.165) is 51.9 Å². The molecule has 1 fully saturated rings. The van der Waals surface area contributed by atoms with Gasteiger partial charge in [0.25, 0.3) is 5.91 Å². The number of nitrogens with zero attached hydrogens (tertiary/aromatic N) is 4. The van der Waals surface area contributed by atoms with Crippen LogP contribution in [0.3, 0.4) is 0 Å². The summed E-state index contributed by atoms with van der Waals surface area (Å²) in [5.41, 5.74) is 6.63. The largest absolute Gasteiger partial charge is 0.454 e. The van der Waals surface area contributed by atoms with E-state index < -0.39 is 0 Å². The predicted molar refractivity (Wildman–Crippen MR) is 174 cm³/mol. The van der Waals surface area contributed by atoms with Crippen LogP contribution in [0.15, 0.2) is 120 Å². The van der Waals surface area contributed by atoms with E-state index in [2.05, 4.69) is 40.0 Å². The Morgan fingerprint density at radius 3 is 2.64 bits per heavy atom. The highest BCUT2D eigenvalue weighted by molar-refractivity contribution is 6.10. The Bertz CT molecular complexity index is 2120. The molecule has 2 N–H and O–H groups in total. The zero-order valence-electron chi connectivity index (χ0n) is 24.0. The lowest BCUT2D eigenvalue weighted by Crippen LogP contribution is -2.28. The molecule has 1 saturated heterocycles. The fourth-order valence-electron chi connectivity index (χ4n) is 6.23. The Hall–Kier alpha value is -5.47. The van der Waals surface area contributed by atoms with Crippen LogP contribution in [0.25, 0.3) is 27.5 Å². The molecule has 8 heteroatoms. The van der Waals surface area contributed by atoms with Crippen LogP contribution in [0.2, 0.25) is 0 Å². The van der Waals surface area contributed by atoms with E-state index in [1.54, 1.807) is 16.9 Å². The van der Waals surface area contributed by atoms with E-state index in [1.165, 1.54) is 18.4 Å². The lowest BCUT2D eigenvalue weighted by Gasteiger charge is -2.25. The van der Waals surface area contributed by atoms with Crippen molar-refractivity contribution in [2.45, 2.75) is 18.8 Å². The van der Waals surface area contributed by atoms with Gasteiger partial charge < -0.3 is 15.1 Å². The molecule has 8 nitrogen and oxygen atoms in total. The van der Waals surface area contributed by atoms with Crippen LogP contribution in [-0.4, -0.2) is 33.6 Å². The number of nitrogens with one attached hydrogen (secondary N) is 2. The Labute approximate surface area is 253 Å². The van der Waals surface area contributed by atoms with Gasteiger partial charge in [0.15, 0.2) is 5.58 Å². The molecule has 0 spiro atoms. The molecular formula is C36H30N6O2. The maximum atomic E-state index is 13.4. The zero-order chi connectivity index (χ0) is 29.5. The molecule has 44 heavy (non-hydrogen) atoms. The summed E-state index contributed by atoms with van der Waals surface area (Å²) >= 11 is 0. The van der Waals surface area contributed by atoms with Crippen molar-refractivity contribution in [3.05, 3.63) is 127 Å². The van der Waals surface area contributed by atoms with Crippen molar-refractivity contribution in [3.63, 3.8) is 0 Å². The Kier molecular flexibility index (Phi) is 6.53. The van der Waals surface area contributed by atoms with E-state index in [1.807, 2.05) is 83.8 Å². The highest BCUT2D eigenvalue weighted by atomic mass is 16.3. The molecule has 0 bridgehead atoms. The van der Waals surface area contributed by atoms with Gasteiger partial charge in [-0.2, -0.15) is 9.61 Å². The van der Waals surface area contributed by atoms with Crippen LogP contribution in [0.1, 0.15) is 34.7 Å². The molecule has 4 heterocycles. The summed E-state index contributed by atoms with van der Waals surface area (Å²) < 4.78 is 8.24. The second kappa shape index (κ2) is 11.0. The molecule has 1 aliphatic heterocycles. The number of furan rings is 1. The van der Waals surface area contributed by atoms with Crippen LogP contribution in [0.5, 0.6) is 0 Å². The van der Waals surface area contributed by atoms with Gasteiger partial charge in [0, 0.05) is 34.8 Å². The molecule has 0 radical (unpaired) electrons. The fraction of sp³-hybridized carbons (Fsp3) is 0.139. The molecular weight excluding hydrogens is 548 g/mol. The maximum Gasteiger partial charge on any atom is 0.255 e. The van der Waals surface area contributed by atoms with Crippen LogP contribution in [0.4, 0.5) is 23.0 Å². The number of hydrogen-bond acceptors (Lipinski definition) is 6. The number of fused-ring (bicyclic) bond motifs is 4. The number of carbonyl (C=O) groups is 1. The molecule has 1 aliphatic rings. The van der Waals surface area contributed by atoms with Gasteiger partial charge in [-0.1, -0.05) is 48.5 Å². The fourth-order valence-corrected chi connectivity index (χ4v) is 6.23. The minimum absolute atomic E-state index is 0.159. The number of benzene rings is 4. The number of rotatable bonds is 6. The lowest BCUT2D eigenvalue weighted by atomic mass is 9.91. The second-order valence-electron chi connectivity index (χ2n) is 11.2. The smallest absolute Gasteiger partial charge is 0.255 e. The van der Waals surface area contributed by atoms with Gasteiger partial charge in [-0.3, -0.25) is 9.69 Å². The summed E-state index contributed by atoms with van der Waals surface area (Å²) in [6, 6.07) is 33.8. The number of hydrogen-bond donors (Lipinski definition) is 2. The summed E-state index contributed by atoms with van der Waals surface area (Å²) in [7, 11) is 0. The monoisotopic (exact) mass is 578 g/mol. The summed E-state index contributed by atoms with van der Waals surface area (Å²) in [6.45, 7) is 2.06. The van der Waals surface area contributed by atoms with E-state index in [4.69, 9.17) is 9.40 Å². The molecule has 216 valence electrons. The van der Waals surface area contributed by atoms with Crippen molar-refractivity contribution in [2.75, 3.05) is 23.3 Å². The van der Waals surface area contributed by atoms with Crippen LogP contribution in [0, 0.1) is 0 Å².